The SMILES string of the molecule is CCOc1ccc(N2C(=S)N[C@@H](c3ccccn3)[C@H]2c2cccn2Cc2cccnc2)cc1. The van der Waals surface area contributed by atoms with Crippen molar-refractivity contribution in [3.05, 3.63) is 108 Å². The smallest absolute Gasteiger partial charge is 0.174 e. The van der Waals surface area contributed by atoms with Gasteiger partial charge in [-0.25, -0.2) is 0 Å². The molecule has 1 aliphatic rings. The molecule has 1 saturated heterocycles. The van der Waals surface area contributed by atoms with E-state index in [9.17, 15) is 0 Å². The summed E-state index contributed by atoms with van der Waals surface area (Å²) >= 11 is 5.84. The van der Waals surface area contributed by atoms with Gasteiger partial charge in [0.25, 0.3) is 0 Å². The van der Waals surface area contributed by atoms with Crippen LogP contribution in [-0.4, -0.2) is 26.3 Å². The highest BCUT2D eigenvalue weighted by molar-refractivity contribution is 7.80. The first-order valence-electron chi connectivity index (χ1n) is 11.0. The summed E-state index contributed by atoms with van der Waals surface area (Å²) in [6, 6.07) is 22.2. The number of nitrogens with zero attached hydrogens (tertiary/aromatic N) is 4. The standard InChI is InChI=1S/C26H25N5OS/c1-2-32-21-12-10-20(11-13-21)31-25(24(29-26(31)33)22-8-3-4-15-28-22)23-9-6-16-30(23)18-19-7-5-14-27-17-19/h3-17,24-25H,2,18H2,1H3,(H,29,33)/t24-,25+/m0/s1. The number of pyridine rings is 2. The van der Waals surface area contributed by atoms with E-state index >= 15 is 0 Å². The van der Waals surface area contributed by atoms with E-state index in [4.69, 9.17) is 17.0 Å². The van der Waals surface area contributed by atoms with Gasteiger partial charge in [0.05, 0.1) is 18.3 Å². The average molecular weight is 456 g/mol. The Hall–Kier alpha value is -3.71. The van der Waals surface area contributed by atoms with E-state index in [0.29, 0.717) is 11.7 Å². The minimum Gasteiger partial charge on any atom is -0.494 e. The summed E-state index contributed by atoms with van der Waals surface area (Å²) in [6.45, 7) is 3.35. The van der Waals surface area contributed by atoms with Crippen molar-refractivity contribution in [2.75, 3.05) is 11.5 Å². The molecule has 166 valence electrons. The fourth-order valence-corrected chi connectivity index (χ4v) is 4.68. The van der Waals surface area contributed by atoms with Crippen molar-refractivity contribution in [3.8, 4) is 5.75 Å². The van der Waals surface area contributed by atoms with Crippen LogP contribution in [0.15, 0.2) is 91.5 Å². The van der Waals surface area contributed by atoms with Gasteiger partial charge in [0.15, 0.2) is 5.11 Å². The number of hydrogen-bond acceptors (Lipinski definition) is 4. The van der Waals surface area contributed by atoms with E-state index in [-0.39, 0.29) is 12.1 Å². The van der Waals surface area contributed by atoms with Crippen LogP contribution in [-0.2, 0) is 6.54 Å². The first-order valence-corrected chi connectivity index (χ1v) is 11.4. The Morgan fingerprint density at radius 2 is 1.88 bits per heavy atom. The molecule has 1 N–H and O–H groups in total. The number of aromatic nitrogens is 3. The normalized spacial score (nSPS) is 17.7. The van der Waals surface area contributed by atoms with Gasteiger partial charge in [-0.05, 0) is 79.3 Å². The van der Waals surface area contributed by atoms with Crippen molar-refractivity contribution < 1.29 is 4.74 Å². The molecule has 6 nitrogen and oxygen atoms in total. The molecule has 4 heterocycles. The van der Waals surface area contributed by atoms with Crippen LogP contribution in [0.4, 0.5) is 5.69 Å². The van der Waals surface area contributed by atoms with Crippen LogP contribution in [0.2, 0.25) is 0 Å². The van der Waals surface area contributed by atoms with E-state index in [1.807, 2.05) is 55.7 Å². The summed E-state index contributed by atoms with van der Waals surface area (Å²) in [4.78, 5) is 11.1. The highest BCUT2D eigenvalue weighted by atomic mass is 32.1. The topological polar surface area (TPSA) is 55.2 Å². The molecular formula is C26H25N5OS. The van der Waals surface area contributed by atoms with E-state index in [0.717, 1.165) is 34.9 Å². The van der Waals surface area contributed by atoms with Crippen LogP contribution < -0.4 is 15.0 Å². The van der Waals surface area contributed by atoms with Crippen molar-refractivity contribution >= 4 is 23.0 Å². The lowest BCUT2D eigenvalue weighted by atomic mass is 10.0. The summed E-state index contributed by atoms with van der Waals surface area (Å²) in [7, 11) is 0. The number of benzene rings is 1. The van der Waals surface area contributed by atoms with Gasteiger partial charge in [-0.3, -0.25) is 9.97 Å². The molecule has 1 fully saturated rings. The van der Waals surface area contributed by atoms with Gasteiger partial charge >= 0.3 is 0 Å². The zero-order chi connectivity index (χ0) is 22.6. The monoisotopic (exact) mass is 455 g/mol. The maximum absolute atomic E-state index is 5.84. The molecule has 2 atom stereocenters. The van der Waals surface area contributed by atoms with Crippen molar-refractivity contribution in [2.45, 2.75) is 25.6 Å². The highest BCUT2D eigenvalue weighted by Crippen LogP contribution is 2.42. The number of rotatable bonds is 7. The number of anilines is 1. The first-order chi connectivity index (χ1) is 16.2. The molecule has 4 aromatic rings. The molecule has 0 radical (unpaired) electrons. The second kappa shape index (κ2) is 9.42. The number of thiocarbonyl (C=S) groups is 1. The molecule has 0 amide bonds. The molecule has 7 heteroatoms. The van der Waals surface area contributed by atoms with E-state index in [1.54, 1.807) is 6.20 Å². The molecule has 0 bridgehead atoms. The summed E-state index contributed by atoms with van der Waals surface area (Å²) in [5.74, 6) is 0.845. The van der Waals surface area contributed by atoms with E-state index < -0.39 is 0 Å². The molecule has 1 aliphatic heterocycles. The van der Waals surface area contributed by atoms with Gasteiger partial charge in [-0.15, -0.1) is 0 Å². The van der Waals surface area contributed by atoms with Gasteiger partial charge in [0.1, 0.15) is 11.8 Å². The third-order valence-corrected chi connectivity index (χ3v) is 6.08. The average Bonchev–Trinajstić information content (AvgIpc) is 3.44. The highest BCUT2D eigenvalue weighted by Gasteiger charge is 2.42. The minimum absolute atomic E-state index is 0.0722. The maximum Gasteiger partial charge on any atom is 0.174 e. The van der Waals surface area contributed by atoms with Crippen molar-refractivity contribution in [1.82, 2.24) is 19.9 Å². The van der Waals surface area contributed by atoms with E-state index in [1.165, 1.54) is 0 Å². The first kappa shape index (κ1) is 21.2. The lowest BCUT2D eigenvalue weighted by Gasteiger charge is -2.29. The Balaban J connectivity index is 1.56. The van der Waals surface area contributed by atoms with Crippen LogP contribution in [0, 0.1) is 0 Å². The summed E-state index contributed by atoms with van der Waals surface area (Å²) in [5, 5.41) is 4.20. The fourth-order valence-electron chi connectivity index (χ4n) is 4.33. The lowest BCUT2D eigenvalue weighted by molar-refractivity contribution is 0.340. The van der Waals surface area contributed by atoms with Crippen LogP contribution >= 0.6 is 12.2 Å². The predicted molar refractivity (Wildman–Crippen MR) is 133 cm³/mol. The quantitative estimate of drug-likeness (QED) is 0.400. The van der Waals surface area contributed by atoms with Crippen molar-refractivity contribution in [1.29, 1.82) is 0 Å². The molecular weight excluding hydrogens is 430 g/mol. The molecule has 0 unspecified atom stereocenters. The van der Waals surface area contributed by atoms with Gasteiger partial charge in [0, 0.05) is 42.7 Å². The van der Waals surface area contributed by atoms with Crippen LogP contribution in [0.5, 0.6) is 5.75 Å². The van der Waals surface area contributed by atoms with Gasteiger partial charge in [-0.2, -0.15) is 0 Å². The zero-order valence-corrected chi connectivity index (χ0v) is 19.2. The largest absolute Gasteiger partial charge is 0.494 e. The van der Waals surface area contributed by atoms with Gasteiger partial charge in [-0.1, -0.05) is 12.1 Å². The summed E-state index contributed by atoms with van der Waals surface area (Å²) < 4.78 is 7.90. The Labute approximate surface area is 198 Å². The Bertz CT molecular complexity index is 1210. The zero-order valence-electron chi connectivity index (χ0n) is 18.3. The van der Waals surface area contributed by atoms with Gasteiger partial charge < -0.3 is 19.5 Å². The summed E-state index contributed by atoms with van der Waals surface area (Å²) in [5.41, 5.74) is 4.25. The Kier molecular flexibility index (Phi) is 6.04. The van der Waals surface area contributed by atoms with Crippen LogP contribution in [0.1, 0.15) is 36.0 Å². The van der Waals surface area contributed by atoms with Crippen LogP contribution in [0.3, 0.4) is 0 Å². The number of nitrogens with one attached hydrogen (secondary N) is 1. The number of ether oxygens (including phenoxy) is 1. The molecule has 0 aliphatic carbocycles. The van der Waals surface area contributed by atoms with Gasteiger partial charge in [0.2, 0.25) is 0 Å². The molecule has 0 spiro atoms. The van der Waals surface area contributed by atoms with E-state index in [2.05, 4.69) is 61.3 Å². The minimum atomic E-state index is -0.0900. The molecule has 33 heavy (non-hydrogen) atoms. The van der Waals surface area contributed by atoms with Crippen LogP contribution in [0.25, 0.3) is 0 Å². The molecule has 3 aromatic heterocycles. The number of hydrogen-bond donors (Lipinski definition) is 1. The summed E-state index contributed by atoms with van der Waals surface area (Å²) in [6.07, 6.45) is 7.63. The third kappa shape index (κ3) is 4.32. The lowest BCUT2D eigenvalue weighted by Crippen LogP contribution is -2.30. The maximum atomic E-state index is 5.84. The molecule has 5 rings (SSSR count). The van der Waals surface area contributed by atoms with Crippen molar-refractivity contribution in [3.63, 3.8) is 0 Å². The third-order valence-electron chi connectivity index (χ3n) is 5.77. The molecule has 1 aromatic carbocycles. The Morgan fingerprint density at radius 3 is 2.61 bits per heavy atom. The second-order valence-electron chi connectivity index (χ2n) is 7.85. The second-order valence-corrected chi connectivity index (χ2v) is 8.23. The fraction of sp³-hybridized carbons (Fsp3) is 0.192. The Morgan fingerprint density at radius 1 is 1.00 bits per heavy atom. The van der Waals surface area contributed by atoms with Crippen molar-refractivity contribution in [2.24, 2.45) is 0 Å². The molecule has 0 saturated carbocycles. The predicted octanol–water partition coefficient (Wildman–Crippen LogP) is 4.90.